The lowest BCUT2D eigenvalue weighted by Gasteiger charge is -2.18. The van der Waals surface area contributed by atoms with Gasteiger partial charge in [-0.05, 0) is 42.5 Å². The minimum atomic E-state index is -4.72. The number of hydrogen-bond acceptors (Lipinski definition) is 4. The number of carbonyl (C=O) groups excluding carboxylic acids is 3. The fourth-order valence-corrected chi connectivity index (χ4v) is 3.04. The second-order valence-corrected chi connectivity index (χ2v) is 6.48. The molecule has 6 nitrogen and oxygen atoms in total. The van der Waals surface area contributed by atoms with Crippen LogP contribution in [0.15, 0.2) is 42.5 Å². The second kappa shape index (κ2) is 7.16. The summed E-state index contributed by atoms with van der Waals surface area (Å²) >= 11 is 5.58. The van der Waals surface area contributed by atoms with Gasteiger partial charge in [0, 0.05) is 11.3 Å². The molecule has 2 aromatic rings. The van der Waals surface area contributed by atoms with E-state index in [1.807, 2.05) is 0 Å². The van der Waals surface area contributed by atoms with E-state index in [-0.39, 0.29) is 17.7 Å². The lowest BCUT2D eigenvalue weighted by Crippen LogP contribution is -2.35. The molecule has 1 atom stereocenters. The first-order valence-electron chi connectivity index (χ1n) is 7.98. The van der Waals surface area contributed by atoms with Gasteiger partial charge in [0.15, 0.2) is 0 Å². The largest absolute Gasteiger partial charge is 0.417 e. The van der Waals surface area contributed by atoms with E-state index < -0.39 is 40.5 Å². The lowest BCUT2D eigenvalue weighted by atomic mass is 10.1. The molecule has 1 aliphatic rings. The highest BCUT2D eigenvalue weighted by Crippen LogP contribution is 2.38. The van der Waals surface area contributed by atoms with Crippen molar-refractivity contribution in [3.8, 4) is 0 Å². The first-order valence-corrected chi connectivity index (χ1v) is 8.35. The molecule has 1 unspecified atom stereocenters. The molecule has 1 heterocycles. The number of halogens is 4. The third kappa shape index (κ3) is 3.79. The molecule has 10 heteroatoms. The number of rotatable bonds is 4. The van der Waals surface area contributed by atoms with Crippen molar-refractivity contribution in [1.82, 2.24) is 0 Å². The Balaban J connectivity index is 1.83. The number of primary amides is 1. The van der Waals surface area contributed by atoms with Gasteiger partial charge in [-0.1, -0.05) is 11.6 Å². The molecule has 0 aliphatic carbocycles. The number of carbonyl (C=O) groups is 3. The molecule has 0 radical (unpaired) electrons. The quantitative estimate of drug-likeness (QED) is 0.756. The molecule has 0 aromatic heterocycles. The van der Waals surface area contributed by atoms with Crippen LogP contribution in [0.4, 0.5) is 24.5 Å². The second-order valence-electron chi connectivity index (χ2n) is 6.07. The van der Waals surface area contributed by atoms with Crippen molar-refractivity contribution in [2.45, 2.75) is 18.6 Å². The number of benzene rings is 2. The fourth-order valence-electron chi connectivity index (χ4n) is 2.82. The third-order valence-corrected chi connectivity index (χ3v) is 4.50. The Bertz CT molecular complexity index is 961. The van der Waals surface area contributed by atoms with Crippen LogP contribution in [0.2, 0.25) is 5.02 Å². The maximum absolute atomic E-state index is 13.0. The summed E-state index contributed by atoms with van der Waals surface area (Å²) in [5, 5.41) is 2.30. The van der Waals surface area contributed by atoms with Gasteiger partial charge in [0.1, 0.15) is 6.04 Å². The van der Waals surface area contributed by atoms with E-state index >= 15 is 0 Å². The Kier molecular flexibility index (Phi) is 5.03. The fraction of sp³-hybridized carbons (Fsp3) is 0.167. The first kappa shape index (κ1) is 19.7. The van der Waals surface area contributed by atoms with Crippen molar-refractivity contribution >= 4 is 40.7 Å². The van der Waals surface area contributed by atoms with Crippen LogP contribution in [0.3, 0.4) is 0 Å². The van der Waals surface area contributed by atoms with Gasteiger partial charge in [-0.15, -0.1) is 0 Å². The highest BCUT2D eigenvalue weighted by molar-refractivity contribution is 6.31. The summed E-state index contributed by atoms with van der Waals surface area (Å²) in [7, 11) is 0. The van der Waals surface area contributed by atoms with Crippen LogP contribution >= 0.6 is 11.6 Å². The topological polar surface area (TPSA) is 92.5 Å². The molecule has 28 heavy (non-hydrogen) atoms. The molecule has 0 saturated carbocycles. The molecule has 3 rings (SSSR count). The van der Waals surface area contributed by atoms with Crippen molar-refractivity contribution in [3.05, 3.63) is 58.6 Å². The Morgan fingerprint density at radius 1 is 1.14 bits per heavy atom. The maximum Gasteiger partial charge on any atom is 0.417 e. The van der Waals surface area contributed by atoms with Crippen molar-refractivity contribution in [1.29, 1.82) is 0 Å². The van der Waals surface area contributed by atoms with Gasteiger partial charge in [-0.2, -0.15) is 13.2 Å². The summed E-state index contributed by atoms with van der Waals surface area (Å²) in [5.41, 5.74) is 4.52. The Labute approximate surface area is 162 Å². The number of nitrogens with two attached hydrogens (primary N) is 1. The highest BCUT2D eigenvalue weighted by Gasteiger charge is 2.41. The van der Waals surface area contributed by atoms with Crippen molar-refractivity contribution in [3.63, 3.8) is 0 Å². The van der Waals surface area contributed by atoms with E-state index in [0.29, 0.717) is 16.7 Å². The number of imide groups is 1. The third-order valence-electron chi connectivity index (χ3n) is 4.17. The summed E-state index contributed by atoms with van der Waals surface area (Å²) in [6.07, 6.45) is -4.96. The molecular weight excluding hydrogens is 399 g/mol. The van der Waals surface area contributed by atoms with E-state index in [4.69, 9.17) is 17.3 Å². The summed E-state index contributed by atoms with van der Waals surface area (Å²) in [4.78, 5) is 36.6. The SMILES string of the molecule is NC(=O)c1ccc(NC2CC(=O)N(c3ccc(Cl)c(C(F)(F)F)c3)C2=O)cc1. The molecule has 1 aliphatic heterocycles. The van der Waals surface area contributed by atoms with Gasteiger partial charge in [0.05, 0.1) is 22.7 Å². The Hall–Kier alpha value is -3.07. The predicted octanol–water partition coefficient (Wildman–Crippen LogP) is 3.20. The molecule has 1 fully saturated rings. The Morgan fingerprint density at radius 2 is 1.79 bits per heavy atom. The standard InChI is InChI=1S/C18H13ClF3N3O3/c19-13-6-5-11(7-12(13)18(20,21)22)25-15(26)8-14(17(25)28)24-10-3-1-9(2-4-10)16(23)27/h1-7,14,24H,8H2,(H2,23,27). The average Bonchev–Trinajstić information content (AvgIpc) is 2.89. The number of anilines is 2. The van der Waals surface area contributed by atoms with E-state index in [1.165, 1.54) is 30.3 Å². The number of hydrogen-bond donors (Lipinski definition) is 2. The number of alkyl halides is 3. The van der Waals surface area contributed by atoms with Crippen LogP contribution in [-0.2, 0) is 15.8 Å². The number of nitrogens with zero attached hydrogens (tertiary/aromatic N) is 1. The minimum absolute atomic E-state index is 0.208. The monoisotopic (exact) mass is 411 g/mol. The van der Waals surface area contributed by atoms with Crippen LogP contribution in [0, 0.1) is 0 Å². The zero-order valence-corrected chi connectivity index (χ0v) is 14.8. The molecule has 146 valence electrons. The van der Waals surface area contributed by atoms with Crippen molar-refractivity contribution in [2.24, 2.45) is 5.73 Å². The summed E-state index contributed by atoms with van der Waals surface area (Å²) < 4.78 is 39.1. The Morgan fingerprint density at radius 3 is 2.36 bits per heavy atom. The van der Waals surface area contributed by atoms with Gasteiger partial charge in [-0.25, -0.2) is 4.90 Å². The van der Waals surface area contributed by atoms with E-state index in [9.17, 15) is 27.6 Å². The van der Waals surface area contributed by atoms with Crippen LogP contribution in [0.25, 0.3) is 0 Å². The normalized spacial score (nSPS) is 17.1. The van der Waals surface area contributed by atoms with Crippen LogP contribution in [0.5, 0.6) is 0 Å². The van der Waals surface area contributed by atoms with Crippen LogP contribution in [-0.4, -0.2) is 23.8 Å². The first-order chi connectivity index (χ1) is 13.1. The number of nitrogens with one attached hydrogen (secondary N) is 1. The lowest BCUT2D eigenvalue weighted by molar-refractivity contribution is -0.137. The van der Waals surface area contributed by atoms with Gasteiger partial charge in [0.25, 0.3) is 5.91 Å². The molecule has 0 spiro atoms. The predicted molar refractivity (Wildman–Crippen MR) is 95.9 cm³/mol. The van der Waals surface area contributed by atoms with Gasteiger partial charge in [0.2, 0.25) is 11.8 Å². The zero-order chi connectivity index (χ0) is 20.6. The van der Waals surface area contributed by atoms with Gasteiger partial charge in [-0.3, -0.25) is 14.4 Å². The minimum Gasteiger partial charge on any atom is -0.373 e. The van der Waals surface area contributed by atoms with E-state index in [0.717, 1.165) is 6.07 Å². The average molecular weight is 412 g/mol. The molecular formula is C18H13ClF3N3O3. The van der Waals surface area contributed by atoms with Crippen molar-refractivity contribution in [2.75, 3.05) is 10.2 Å². The highest BCUT2D eigenvalue weighted by atomic mass is 35.5. The van der Waals surface area contributed by atoms with E-state index in [2.05, 4.69) is 5.32 Å². The summed E-state index contributed by atoms with van der Waals surface area (Å²) in [6, 6.07) is 7.77. The van der Waals surface area contributed by atoms with Crippen LogP contribution < -0.4 is 16.0 Å². The zero-order valence-electron chi connectivity index (χ0n) is 14.1. The van der Waals surface area contributed by atoms with Gasteiger partial charge < -0.3 is 11.1 Å². The number of amides is 3. The molecule has 2 aromatic carbocycles. The van der Waals surface area contributed by atoms with Crippen LogP contribution in [0.1, 0.15) is 22.3 Å². The van der Waals surface area contributed by atoms with Gasteiger partial charge >= 0.3 is 6.18 Å². The summed E-state index contributed by atoms with van der Waals surface area (Å²) in [5.74, 6) is -1.96. The molecule has 1 saturated heterocycles. The van der Waals surface area contributed by atoms with Crippen molar-refractivity contribution < 1.29 is 27.6 Å². The molecule has 0 bridgehead atoms. The molecule has 3 N–H and O–H groups in total. The summed E-state index contributed by atoms with van der Waals surface area (Å²) in [6.45, 7) is 0. The molecule has 3 amide bonds. The van der Waals surface area contributed by atoms with E-state index in [1.54, 1.807) is 0 Å². The smallest absolute Gasteiger partial charge is 0.373 e. The maximum atomic E-state index is 13.0.